The number of ether oxygens (including phenoxy) is 10. The quantitative estimate of drug-likeness (QED) is 0.00945. The van der Waals surface area contributed by atoms with Gasteiger partial charge in [0.1, 0.15) is 33.2 Å². The van der Waals surface area contributed by atoms with E-state index in [1.54, 1.807) is 23.0 Å². The van der Waals surface area contributed by atoms with Gasteiger partial charge in [0, 0.05) is 82.4 Å². The number of thiol groups is 2. The van der Waals surface area contributed by atoms with E-state index in [4.69, 9.17) is 101 Å². The first-order valence-corrected chi connectivity index (χ1v) is 45.8. The fourth-order valence-electron chi connectivity index (χ4n) is 9.22. The summed E-state index contributed by atoms with van der Waals surface area (Å²) in [7, 11) is 7.36. The van der Waals surface area contributed by atoms with Gasteiger partial charge < -0.3 is 57.6 Å². The number of carboxylic acid groups (broad SMARTS) is 1. The van der Waals surface area contributed by atoms with Gasteiger partial charge in [-0.05, 0) is 124 Å². The number of carbonyl (C=O) groups excluding carboxylic acids is 5. The Bertz CT molecular complexity index is 1800. The number of unbranched alkanes of at least 4 members (excludes halogenated alkanes) is 37. The first kappa shape index (κ1) is 131. The predicted octanol–water partition coefficient (Wildman–Crippen LogP) is 21.0. The van der Waals surface area contributed by atoms with E-state index in [-0.39, 0.29) is 64.3 Å². The monoisotopic (exact) mass is 1780 g/mol. The number of allylic oxidation sites excluding steroid dienone is 3. The fraction of sp³-hybridized carbons (Fsp3) is 0.846. The van der Waals surface area contributed by atoms with Crippen LogP contribution in [0.25, 0.3) is 0 Å². The molecule has 0 aromatic rings. The molecule has 0 saturated carbocycles. The average Bonchev–Trinajstić information content (AvgIpc) is 1.86. The molecule has 0 unspecified atom stereocenters. The van der Waals surface area contributed by atoms with E-state index in [0.29, 0.717) is 66.1 Å². The van der Waals surface area contributed by atoms with Gasteiger partial charge in [-0.25, -0.2) is 9.00 Å². The van der Waals surface area contributed by atoms with Gasteiger partial charge in [0.05, 0.1) is 66.1 Å². The number of halogens is 6. The van der Waals surface area contributed by atoms with Crippen LogP contribution in [0.4, 0.5) is 0 Å². The molecule has 0 fully saturated rings. The van der Waals surface area contributed by atoms with Crippen molar-refractivity contribution >= 4 is 171 Å². The van der Waals surface area contributed by atoms with Crippen LogP contribution in [-0.2, 0) is 85.4 Å². The van der Waals surface area contributed by atoms with Crippen molar-refractivity contribution in [3.63, 3.8) is 0 Å². The Labute approximate surface area is 725 Å². The molecule has 4 radical (unpaired) electrons. The van der Waals surface area contributed by atoms with Crippen LogP contribution in [0.5, 0.6) is 0 Å². The summed E-state index contributed by atoms with van der Waals surface area (Å²) in [6, 6.07) is 0. The molecule has 0 saturated heterocycles. The number of rotatable bonds is 77. The molecule has 0 aliphatic rings. The number of carboxylic acids is 1. The predicted molar refractivity (Wildman–Crippen MR) is 473 cm³/mol. The van der Waals surface area contributed by atoms with Crippen molar-refractivity contribution in [2.75, 3.05) is 144 Å². The number of hydrogen-bond acceptors (Lipinski definition) is 21. The number of aliphatic hydroxyl groups excluding tert-OH is 1. The number of aliphatic carboxylic acids is 1. The van der Waals surface area contributed by atoms with Gasteiger partial charge in [-0.3, -0.25) is 24.0 Å². The minimum absolute atomic E-state index is 0. The third-order valence-electron chi connectivity index (χ3n) is 14.6. The average molecular weight is 1780 g/mol. The molecule has 0 aromatic heterocycles. The molecule has 0 heterocycles. The van der Waals surface area contributed by atoms with E-state index in [1.165, 1.54) is 231 Å². The third kappa shape index (κ3) is 179. The van der Waals surface area contributed by atoms with Gasteiger partial charge in [0.2, 0.25) is 25.0 Å². The first-order valence-electron chi connectivity index (χ1n) is 39.3. The topological polar surface area (TPSA) is 276 Å². The molecule has 0 aromatic carbocycles. The standard InChI is InChI=1S/C17H31ClO4S.C15H29ClO3S.C15H27ClO3.C15H28O4.C14H28O3.C2H4OS.Al.B.Cl2OS.ClH.HN/c1-16(19)23-14-10-8-6-4-2-3-5-7-9-11-21-12-13-22-15-17(18)20;16-15(17)14-19-12-11-18-10-8-6-4-2-1-3-5-7-9-13-20;2*1-2-3-4-5-6-7-8-9-10-11-18-12-13-19-14-15(16)17;1-2-3-4-5-6-7-8-9-10-11-16-12-13-17-14-15;1-2(3)4;;;1-4(2)3;;/h2-15H2,1H3;20H,1-14H2;2H,1,3-14H2;2H,1,3-14H2,(H,16,17);2,15H,1,3-14H2;1H3,(H,3,4);;;;2*1H. The van der Waals surface area contributed by atoms with E-state index in [0.717, 1.165) is 102 Å². The number of thioether (sulfide) groups is 1. The molecule has 20 nitrogen and oxygen atoms in total. The summed E-state index contributed by atoms with van der Waals surface area (Å²) in [5.41, 5.74) is 0. The molecule has 32 heteroatoms. The Morgan fingerprint density at radius 2 is 0.573 bits per heavy atom. The Hall–Kier alpha value is -0.0626. The molecule has 0 spiro atoms. The number of nitrogens with one attached hydrogen (secondary N) is 1. The summed E-state index contributed by atoms with van der Waals surface area (Å²) in [4.78, 5) is 61.3. The molecule has 0 atom stereocenters. The number of hydrogen-bond donors (Lipinski definition) is 5. The van der Waals surface area contributed by atoms with E-state index < -0.39 is 30.9 Å². The van der Waals surface area contributed by atoms with Crippen molar-refractivity contribution in [1.82, 2.24) is 0 Å². The second-order valence-corrected chi connectivity index (χ2v) is 30.7. The van der Waals surface area contributed by atoms with E-state index in [1.807, 2.05) is 18.2 Å². The summed E-state index contributed by atoms with van der Waals surface area (Å²) < 4.78 is 66.2. The van der Waals surface area contributed by atoms with E-state index in [9.17, 15) is 28.8 Å². The Morgan fingerprint density at radius 1 is 0.382 bits per heavy atom. The van der Waals surface area contributed by atoms with Crippen molar-refractivity contribution < 1.29 is 90.6 Å². The second-order valence-electron chi connectivity index (χ2n) is 24.6. The molecular formula is C78H149AlBCl6NO19S4. The van der Waals surface area contributed by atoms with Crippen LogP contribution in [0.3, 0.4) is 0 Å². The van der Waals surface area contributed by atoms with Crippen LogP contribution >= 0.6 is 106 Å². The first-order chi connectivity index (χ1) is 52.3. The zero-order chi connectivity index (χ0) is 82.2. The molecule has 0 bridgehead atoms. The van der Waals surface area contributed by atoms with Crippen LogP contribution in [0.15, 0.2) is 38.0 Å². The molecular weight excluding hydrogens is 1630 g/mol. The zero-order valence-corrected chi connectivity index (χ0v) is 76.8. The Balaban J connectivity index is -0.000000137. The van der Waals surface area contributed by atoms with Gasteiger partial charge in [-0.15, -0.1) is 44.8 Å². The molecule has 0 aliphatic heterocycles. The van der Waals surface area contributed by atoms with Gasteiger partial charge >= 0.3 is 26.4 Å². The fourth-order valence-corrected chi connectivity index (χ4v) is 10.3. The molecule has 0 rings (SSSR count). The van der Waals surface area contributed by atoms with Crippen molar-refractivity contribution in [3.05, 3.63) is 38.0 Å². The Morgan fingerprint density at radius 3 is 0.773 bits per heavy atom. The summed E-state index contributed by atoms with van der Waals surface area (Å²) in [5, 5.41) is 15.4. The molecule has 110 heavy (non-hydrogen) atoms. The van der Waals surface area contributed by atoms with E-state index >= 15 is 0 Å². The van der Waals surface area contributed by atoms with Crippen molar-refractivity contribution in [1.29, 1.82) is 4.35 Å². The van der Waals surface area contributed by atoms with Gasteiger partial charge in [-0.2, -0.15) is 12.6 Å². The summed E-state index contributed by atoms with van der Waals surface area (Å²) in [6.45, 7) is 22.3. The SMILES string of the molecule is C=CCCCCCCCCCOCCOCC(=O)Cl.C=CCCCCCCCCCOCCOCC(=O)O.C=CCCCCCCCCCOCCOCO.CC(=O)S.CC(=O)SCCCCCCCCCCCOCCOCC(=O)Cl.Cl.O=C(Cl)COCCOCCCCCCCCCCCS.O=S(Cl)Cl.[B].[NH]=[Al]. The molecule has 0 aliphatic carbocycles. The van der Waals surface area contributed by atoms with Crippen LogP contribution in [0.2, 0.25) is 0 Å². The van der Waals surface area contributed by atoms with Gasteiger partial charge in [-0.1, -0.05) is 216 Å². The van der Waals surface area contributed by atoms with Crippen LogP contribution in [0, 0.1) is 4.35 Å². The van der Waals surface area contributed by atoms with Gasteiger partial charge in [0.15, 0.2) is 10.2 Å². The van der Waals surface area contributed by atoms with Crippen molar-refractivity contribution in [2.45, 2.75) is 284 Å². The van der Waals surface area contributed by atoms with Crippen LogP contribution in [0.1, 0.15) is 284 Å². The summed E-state index contributed by atoms with van der Waals surface area (Å²) in [6.07, 6.45) is 58.8. The number of carbonyl (C=O) groups is 6. The Kier molecular flexibility index (Phi) is 154. The van der Waals surface area contributed by atoms with E-state index in [2.05, 4.69) is 66.4 Å². The minimum atomic E-state index is -1.67. The summed E-state index contributed by atoms with van der Waals surface area (Å²) in [5.74, 6) is 1.06. The second kappa shape index (κ2) is 130. The molecule has 0 amide bonds. The maximum atomic E-state index is 10.7. The normalized spacial score (nSPS) is 10.1. The molecule has 652 valence electrons. The maximum absolute atomic E-state index is 10.7. The zero-order valence-electron chi connectivity index (χ0n) is 67.6. The van der Waals surface area contributed by atoms with Crippen LogP contribution in [-0.4, -0.2) is 215 Å². The van der Waals surface area contributed by atoms with Crippen molar-refractivity contribution in [3.8, 4) is 0 Å². The molecule has 3 N–H and O–H groups in total. The van der Waals surface area contributed by atoms with Crippen molar-refractivity contribution in [2.24, 2.45) is 0 Å². The summed E-state index contributed by atoms with van der Waals surface area (Å²) >= 11 is 26.0. The van der Waals surface area contributed by atoms with Crippen LogP contribution < -0.4 is 0 Å². The third-order valence-corrected chi connectivity index (χ3v) is 16.1. The number of aliphatic hydroxyl groups is 1. The van der Waals surface area contributed by atoms with Gasteiger partial charge in [0.25, 0.3) is 0 Å².